The van der Waals surface area contributed by atoms with Crippen LogP contribution in [0.2, 0.25) is 0 Å². The highest BCUT2D eigenvalue weighted by Crippen LogP contribution is 2.48. The molecule has 0 bridgehead atoms. The van der Waals surface area contributed by atoms with E-state index in [1.54, 1.807) is 25.1 Å². The molecule has 0 radical (unpaired) electrons. The predicted molar refractivity (Wildman–Crippen MR) is 98.9 cm³/mol. The number of methoxy groups -OCH3 is 1. The zero-order valence-corrected chi connectivity index (χ0v) is 15.7. The third-order valence-corrected chi connectivity index (χ3v) is 5.17. The van der Waals surface area contributed by atoms with Crippen molar-refractivity contribution in [2.45, 2.75) is 27.7 Å². The van der Waals surface area contributed by atoms with Gasteiger partial charge >= 0.3 is 5.97 Å². The van der Waals surface area contributed by atoms with Crippen molar-refractivity contribution < 1.29 is 24.5 Å². The first-order valence-corrected chi connectivity index (χ1v) is 8.32. The fourth-order valence-electron chi connectivity index (χ4n) is 3.36. The highest BCUT2D eigenvalue weighted by molar-refractivity contribution is 6.04. The number of hydrogen-bond acceptors (Lipinski definition) is 4. The number of ether oxygens (including phenoxy) is 1. The predicted octanol–water partition coefficient (Wildman–Crippen LogP) is 4.11. The van der Waals surface area contributed by atoms with Crippen LogP contribution in [-0.4, -0.2) is 29.1 Å². The second-order valence-electron chi connectivity index (χ2n) is 6.97. The summed E-state index contributed by atoms with van der Waals surface area (Å²) in [6.45, 7) is 7.42. The van der Waals surface area contributed by atoms with Crippen LogP contribution in [0.25, 0.3) is 0 Å². The van der Waals surface area contributed by atoms with Gasteiger partial charge in [-0.25, -0.2) is 4.79 Å². The molecule has 0 saturated heterocycles. The van der Waals surface area contributed by atoms with Gasteiger partial charge in [0.1, 0.15) is 11.5 Å². The van der Waals surface area contributed by atoms with Crippen LogP contribution < -0.4 is 0 Å². The number of hydrogen-bond donors (Lipinski definition) is 2. The number of allylic oxidation sites excluding steroid dienone is 3. The number of carboxylic acids is 1. The summed E-state index contributed by atoms with van der Waals surface area (Å²) in [5.41, 5.74) is 1.52. The monoisotopic (exact) mass is 356 g/mol. The van der Waals surface area contributed by atoms with E-state index in [4.69, 9.17) is 4.74 Å². The highest BCUT2D eigenvalue weighted by atomic mass is 16.5. The van der Waals surface area contributed by atoms with E-state index in [-0.39, 0.29) is 23.0 Å². The van der Waals surface area contributed by atoms with Gasteiger partial charge in [0.15, 0.2) is 5.78 Å². The van der Waals surface area contributed by atoms with Crippen molar-refractivity contribution in [2.24, 2.45) is 11.3 Å². The number of phenols is 1. The molecule has 138 valence electrons. The molecule has 1 aromatic rings. The van der Waals surface area contributed by atoms with E-state index < -0.39 is 11.4 Å². The Kier molecular flexibility index (Phi) is 5.40. The molecule has 5 nitrogen and oxygen atoms in total. The van der Waals surface area contributed by atoms with Gasteiger partial charge in [0, 0.05) is 17.1 Å². The van der Waals surface area contributed by atoms with E-state index in [1.165, 1.54) is 25.3 Å². The molecule has 0 aromatic heterocycles. The van der Waals surface area contributed by atoms with Crippen LogP contribution >= 0.6 is 0 Å². The van der Waals surface area contributed by atoms with E-state index in [0.717, 1.165) is 5.57 Å². The van der Waals surface area contributed by atoms with E-state index >= 15 is 0 Å². The molecule has 1 unspecified atom stereocenters. The van der Waals surface area contributed by atoms with E-state index in [0.29, 0.717) is 16.9 Å². The molecule has 1 aliphatic carbocycles. The van der Waals surface area contributed by atoms with Crippen molar-refractivity contribution in [3.8, 4) is 5.75 Å². The lowest BCUT2D eigenvalue weighted by molar-refractivity contribution is -0.132. The van der Waals surface area contributed by atoms with Crippen molar-refractivity contribution >= 4 is 11.8 Å². The summed E-state index contributed by atoms with van der Waals surface area (Å²) in [7, 11) is 1.51. The number of ketones is 1. The zero-order chi connectivity index (χ0) is 19.6. The van der Waals surface area contributed by atoms with Crippen molar-refractivity contribution in [2.75, 3.05) is 7.11 Å². The molecule has 1 atom stereocenters. The highest BCUT2D eigenvalue weighted by Gasteiger charge is 2.41. The summed E-state index contributed by atoms with van der Waals surface area (Å²) in [6.07, 6.45) is 3.24. The van der Waals surface area contributed by atoms with Gasteiger partial charge in [-0.2, -0.15) is 0 Å². The largest absolute Gasteiger partial charge is 0.508 e. The number of aromatic hydroxyl groups is 1. The fourth-order valence-corrected chi connectivity index (χ4v) is 3.36. The Hall–Kier alpha value is -2.82. The minimum atomic E-state index is -0.981. The maximum Gasteiger partial charge on any atom is 0.336 e. The molecular formula is C21H24O5. The normalized spacial score (nSPS) is 19.8. The van der Waals surface area contributed by atoms with Gasteiger partial charge < -0.3 is 14.9 Å². The molecule has 0 heterocycles. The van der Waals surface area contributed by atoms with Crippen molar-refractivity contribution in [3.05, 3.63) is 64.5 Å². The second-order valence-corrected chi connectivity index (χ2v) is 6.97. The average molecular weight is 356 g/mol. The number of benzene rings is 1. The molecular weight excluding hydrogens is 332 g/mol. The number of phenolic OH excluding ortho intramolecular Hbond substituents is 1. The Labute approximate surface area is 153 Å². The Morgan fingerprint density at radius 2 is 1.73 bits per heavy atom. The molecule has 0 spiro atoms. The number of carbonyl (C=O) groups is 2. The van der Waals surface area contributed by atoms with Gasteiger partial charge in [-0.1, -0.05) is 25.5 Å². The summed E-state index contributed by atoms with van der Waals surface area (Å²) >= 11 is 0. The average Bonchev–Trinajstić information content (AvgIpc) is 2.57. The second kappa shape index (κ2) is 7.20. The Bertz CT molecular complexity index is 822. The van der Waals surface area contributed by atoms with Gasteiger partial charge in [-0.05, 0) is 49.6 Å². The van der Waals surface area contributed by atoms with E-state index in [1.807, 2.05) is 20.8 Å². The minimum Gasteiger partial charge on any atom is -0.508 e. The molecule has 0 fully saturated rings. The van der Waals surface area contributed by atoms with Crippen LogP contribution in [0.3, 0.4) is 0 Å². The summed E-state index contributed by atoms with van der Waals surface area (Å²) < 4.78 is 5.52. The molecule has 26 heavy (non-hydrogen) atoms. The van der Waals surface area contributed by atoms with Crippen molar-refractivity contribution in [1.29, 1.82) is 0 Å². The summed E-state index contributed by atoms with van der Waals surface area (Å²) in [5, 5.41) is 18.9. The Morgan fingerprint density at radius 3 is 2.23 bits per heavy atom. The number of rotatable bonds is 5. The molecule has 2 rings (SSSR count). The van der Waals surface area contributed by atoms with Gasteiger partial charge in [0.2, 0.25) is 0 Å². The molecule has 0 saturated carbocycles. The first kappa shape index (κ1) is 19.5. The van der Waals surface area contributed by atoms with E-state index in [2.05, 4.69) is 0 Å². The smallest absolute Gasteiger partial charge is 0.336 e. The number of aliphatic carboxylic acids is 1. The summed E-state index contributed by atoms with van der Waals surface area (Å²) in [5.74, 6) is -0.796. The lowest BCUT2D eigenvalue weighted by atomic mass is 9.66. The van der Waals surface area contributed by atoms with Crippen LogP contribution in [0.4, 0.5) is 0 Å². The maximum absolute atomic E-state index is 12.4. The summed E-state index contributed by atoms with van der Waals surface area (Å²) in [4.78, 5) is 24.1. The third-order valence-electron chi connectivity index (χ3n) is 5.17. The van der Waals surface area contributed by atoms with Gasteiger partial charge in [-0.15, -0.1) is 0 Å². The van der Waals surface area contributed by atoms with E-state index in [9.17, 15) is 19.8 Å². The van der Waals surface area contributed by atoms with Crippen molar-refractivity contribution in [1.82, 2.24) is 0 Å². The quantitative estimate of drug-likeness (QED) is 0.613. The van der Waals surface area contributed by atoms with Crippen molar-refractivity contribution in [3.63, 3.8) is 0 Å². The van der Waals surface area contributed by atoms with Crippen LogP contribution in [-0.2, 0) is 9.53 Å². The lowest BCUT2D eigenvalue weighted by Crippen LogP contribution is -2.33. The third kappa shape index (κ3) is 3.43. The fraction of sp³-hybridized carbons (Fsp3) is 0.333. The number of carboxylic acid groups (broad SMARTS) is 1. The molecule has 1 aromatic carbocycles. The molecule has 5 heteroatoms. The molecule has 1 aliphatic rings. The Morgan fingerprint density at radius 1 is 1.15 bits per heavy atom. The maximum atomic E-state index is 12.4. The summed E-state index contributed by atoms with van der Waals surface area (Å²) in [6, 6.07) is 6.03. The van der Waals surface area contributed by atoms with Crippen LogP contribution in [0, 0.1) is 11.3 Å². The van der Waals surface area contributed by atoms with Gasteiger partial charge in [0.25, 0.3) is 0 Å². The van der Waals surface area contributed by atoms with Crippen LogP contribution in [0.15, 0.2) is 58.9 Å². The van der Waals surface area contributed by atoms with Crippen LogP contribution in [0.1, 0.15) is 38.1 Å². The molecule has 2 N–H and O–H groups in total. The SMILES string of the molecule is COC1=C(C)C(C(=O)O)=C(C)C(C)(C)C1C=CC(=O)c1ccc(O)cc1. The van der Waals surface area contributed by atoms with Gasteiger partial charge in [-0.3, -0.25) is 4.79 Å². The topological polar surface area (TPSA) is 83.8 Å². The number of carbonyl (C=O) groups excluding carboxylic acids is 1. The van der Waals surface area contributed by atoms with Crippen LogP contribution in [0.5, 0.6) is 5.75 Å². The Balaban J connectivity index is 2.43. The zero-order valence-electron chi connectivity index (χ0n) is 15.7. The first-order chi connectivity index (χ1) is 12.1. The molecule has 0 amide bonds. The van der Waals surface area contributed by atoms with Gasteiger partial charge in [0.05, 0.1) is 12.7 Å². The first-order valence-electron chi connectivity index (χ1n) is 8.32. The minimum absolute atomic E-state index is 0.0983. The molecule has 0 aliphatic heterocycles. The standard InChI is InChI=1S/C21H24O5/c1-12-18(20(24)25)13(2)21(3,4)16(19(12)26-5)10-11-17(23)14-6-8-15(22)9-7-14/h6-11,16,22H,1-5H3,(H,24,25). The lowest BCUT2D eigenvalue weighted by Gasteiger charge is -2.40.